The van der Waals surface area contributed by atoms with E-state index in [2.05, 4.69) is 0 Å². The predicted octanol–water partition coefficient (Wildman–Crippen LogP) is 2.69. The molecule has 0 bridgehead atoms. The van der Waals surface area contributed by atoms with Crippen molar-refractivity contribution in [3.8, 4) is 0 Å². The summed E-state index contributed by atoms with van der Waals surface area (Å²) in [5, 5.41) is 8.53. The number of thioether (sulfide) groups is 1. The topological polar surface area (TPSA) is 20.2 Å². The van der Waals surface area contributed by atoms with E-state index in [1.165, 1.54) is 17.8 Å². The Morgan fingerprint density at radius 1 is 1.23 bits per heavy atom. The molecule has 72 valence electrons. The van der Waals surface area contributed by atoms with Gasteiger partial charge in [0.2, 0.25) is 0 Å². The van der Waals surface area contributed by atoms with Gasteiger partial charge >= 0.3 is 0 Å². The van der Waals surface area contributed by atoms with E-state index in [0.29, 0.717) is 4.90 Å². The van der Waals surface area contributed by atoms with Gasteiger partial charge in [0, 0.05) is 11.5 Å². The predicted molar refractivity (Wildman–Crippen MR) is 53.4 cm³/mol. The number of rotatable bonds is 5. The van der Waals surface area contributed by atoms with Crippen LogP contribution in [0.25, 0.3) is 0 Å². The molecule has 0 fully saturated rings. The maximum atomic E-state index is 13.0. The van der Waals surface area contributed by atoms with E-state index in [1.54, 1.807) is 12.1 Å². The van der Waals surface area contributed by atoms with Crippen LogP contribution in [0.1, 0.15) is 12.8 Å². The average molecular weight is 200 g/mol. The molecule has 3 heteroatoms. The first-order chi connectivity index (χ1) is 6.34. The molecular formula is C10H13FOS. The number of hydrogen-bond donors (Lipinski definition) is 1. The number of unbranched alkanes of at least 4 members (excludes halogenated alkanes) is 1. The van der Waals surface area contributed by atoms with Crippen LogP contribution in [0, 0.1) is 5.82 Å². The molecule has 0 aliphatic heterocycles. The molecule has 0 radical (unpaired) electrons. The van der Waals surface area contributed by atoms with Gasteiger partial charge < -0.3 is 5.11 Å². The van der Waals surface area contributed by atoms with Crippen LogP contribution in [0.2, 0.25) is 0 Å². The van der Waals surface area contributed by atoms with Crippen LogP contribution in [0.15, 0.2) is 29.2 Å². The Kier molecular flexibility index (Phi) is 4.86. The van der Waals surface area contributed by atoms with Crippen molar-refractivity contribution in [1.29, 1.82) is 0 Å². The van der Waals surface area contributed by atoms with Crippen molar-refractivity contribution in [2.24, 2.45) is 0 Å². The third kappa shape index (κ3) is 3.79. The van der Waals surface area contributed by atoms with Crippen LogP contribution in [-0.2, 0) is 0 Å². The van der Waals surface area contributed by atoms with Crippen molar-refractivity contribution in [2.75, 3.05) is 12.4 Å². The molecule has 0 aromatic heterocycles. The van der Waals surface area contributed by atoms with Crippen molar-refractivity contribution in [1.82, 2.24) is 0 Å². The zero-order chi connectivity index (χ0) is 9.52. The quantitative estimate of drug-likeness (QED) is 0.582. The lowest BCUT2D eigenvalue weighted by atomic mass is 10.3. The molecule has 0 heterocycles. The number of hydrogen-bond acceptors (Lipinski definition) is 2. The molecule has 1 N–H and O–H groups in total. The molecule has 0 spiro atoms. The Hall–Kier alpha value is -0.540. The number of benzene rings is 1. The monoisotopic (exact) mass is 200 g/mol. The SMILES string of the molecule is OCCCCSc1ccccc1F. The van der Waals surface area contributed by atoms with E-state index in [9.17, 15) is 4.39 Å². The molecule has 1 nitrogen and oxygen atoms in total. The second kappa shape index (κ2) is 6.00. The highest BCUT2D eigenvalue weighted by molar-refractivity contribution is 7.99. The van der Waals surface area contributed by atoms with Crippen LogP contribution in [0.4, 0.5) is 4.39 Å². The van der Waals surface area contributed by atoms with Gasteiger partial charge in [0.25, 0.3) is 0 Å². The number of halogens is 1. The summed E-state index contributed by atoms with van der Waals surface area (Å²) in [6.07, 6.45) is 1.72. The summed E-state index contributed by atoms with van der Waals surface area (Å²) in [5.41, 5.74) is 0. The zero-order valence-electron chi connectivity index (χ0n) is 7.37. The molecule has 0 amide bonds. The highest BCUT2D eigenvalue weighted by Crippen LogP contribution is 2.21. The lowest BCUT2D eigenvalue weighted by Gasteiger charge is -2.01. The summed E-state index contributed by atoms with van der Waals surface area (Å²) >= 11 is 1.50. The smallest absolute Gasteiger partial charge is 0.136 e. The first-order valence-corrected chi connectivity index (χ1v) is 5.31. The van der Waals surface area contributed by atoms with Gasteiger partial charge in [0.05, 0.1) is 0 Å². The molecule has 0 aliphatic carbocycles. The van der Waals surface area contributed by atoms with Gasteiger partial charge in [-0.25, -0.2) is 4.39 Å². The summed E-state index contributed by atoms with van der Waals surface area (Å²) in [7, 11) is 0. The molecule has 1 aromatic carbocycles. The largest absolute Gasteiger partial charge is 0.396 e. The molecule has 0 saturated carbocycles. The number of aliphatic hydroxyl groups is 1. The van der Waals surface area contributed by atoms with Crippen molar-refractivity contribution < 1.29 is 9.50 Å². The zero-order valence-corrected chi connectivity index (χ0v) is 8.19. The summed E-state index contributed by atoms with van der Waals surface area (Å²) in [6, 6.07) is 6.76. The lowest BCUT2D eigenvalue weighted by molar-refractivity contribution is 0.287. The minimum atomic E-state index is -0.156. The summed E-state index contributed by atoms with van der Waals surface area (Å²) in [5.74, 6) is 0.707. The maximum Gasteiger partial charge on any atom is 0.136 e. The fraction of sp³-hybridized carbons (Fsp3) is 0.400. The Balaban J connectivity index is 2.32. The Labute approximate surface area is 82.0 Å². The van der Waals surface area contributed by atoms with Crippen molar-refractivity contribution in [3.05, 3.63) is 30.1 Å². The van der Waals surface area contributed by atoms with E-state index >= 15 is 0 Å². The normalized spacial score (nSPS) is 10.3. The molecule has 13 heavy (non-hydrogen) atoms. The minimum absolute atomic E-state index is 0.156. The molecule has 0 atom stereocenters. The molecule has 1 rings (SSSR count). The van der Waals surface area contributed by atoms with E-state index in [4.69, 9.17) is 5.11 Å². The van der Waals surface area contributed by atoms with E-state index < -0.39 is 0 Å². The van der Waals surface area contributed by atoms with Gasteiger partial charge in [-0.15, -0.1) is 11.8 Å². The van der Waals surface area contributed by atoms with Crippen LogP contribution in [0.5, 0.6) is 0 Å². The van der Waals surface area contributed by atoms with Gasteiger partial charge in [-0.3, -0.25) is 0 Å². The van der Waals surface area contributed by atoms with Crippen LogP contribution in [0.3, 0.4) is 0 Å². The van der Waals surface area contributed by atoms with Gasteiger partial charge in [-0.1, -0.05) is 12.1 Å². The first-order valence-electron chi connectivity index (χ1n) is 4.33. The van der Waals surface area contributed by atoms with E-state index in [1.807, 2.05) is 6.07 Å². The van der Waals surface area contributed by atoms with Gasteiger partial charge in [-0.2, -0.15) is 0 Å². The average Bonchev–Trinajstić information content (AvgIpc) is 2.15. The molecule has 0 saturated heterocycles. The first kappa shape index (κ1) is 10.5. The Morgan fingerprint density at radius 3 is 2.69 bits per heavy atom. The van der Waals surface area contributed by atoms with Gasteiger partial charge in [0.15, 0.2) is 0 Å². The molecule has 0 unspecified atom stereocenters. The van der Waals surface area contributed by atoms with Crippen LogP contribution >= 0.6 is 11.8 Å². The van der Waals surface area contributed by atoms with Crippen molar-refractivity contribution in [3.63, 3.8) is 0 Å². The lowest BCUT2D eigenvalue weighted by Crippen LogP contribution is -1.86. The minimum Gasteiger partial charge on any atom is -0.396 e. The highest BCUT2D eigenvalue weighted by Gasteiger charge is 1.99. The van der Waals surface area contributed by atoms with Gasteiger partial charge in [0.1, 0.15) is 5.82 Å². The molecule has 1 aromatic rings. The second-order valence-electron chi connectivity index (χ2n) is 2.71. The number of aliphatic hydroxyl groups excluding tert-OH is 1. The molecule has 0 aliphatic rings. The van der Waals surface area contributed by atoms with Crippen LogP contribution in [-0.4, -0.2) is 17.5 Å². The van der Waals surface area contributed by atoms with E-state index in [0.717, 1.165) is 18.6 Å². The summed E-state index contributed by atoms with van der Waals surface area (Å²) in [6.45, 7) is 0.220. The Bertz CT molecular complexity index is 252. The van der Waals surface area contributed by atoms with Gasteiger partial charge in [-0.05, 0) is 30.7 Å². The third-order valence-electron chi connectivity index (χ3n) is 1.65. The van der Waals surface area contributed by atoms with Crippen LogP contribution < -0.4 is 0 Å². The van der Waals surface area contributed by atoms with E-state index in [-0.39, 0.29) is 12.4 Å². The Morgan fingerprint density at radius 2 is 2.00 bits per heavy atom. The standard InChI is InChI=1S/C10H13FOS/c11-9-5-1-2-6-10(9)13-8-4-3-7-12/h1-2,5-6,12H,3-4,7-8H2. The maximum absolute atomic E-state index is 13.0. The van der Waals surface area contributed by atoms with Crippen molar-refractivity contribution >= 4 is 11.8 Å². The fourth-order valence-electron chi connectivity index (χ4n) is 0.958. The second-order valence-corrected chi connectivity index (χ2v) is 3.85. The summed E-state index contributed by atoms with van der Waals surface area (Å²) in [4.78, 5) is 0.695. The van der Waals surface area contributed by atoms with Crippen molar-refractivity contribution in [2.45, 2.75) is 17.7 Å². The summed E-state index contributed by atoms with van der Waals surface area (Å²) < 4.78 is 13.0. The third-order valence-corrected chi connectivity index (χ3v) is 2.78. The molecular weight excluding hydrogens is 187 g/mol. The fourth-order valence-corrected chi connectivity index (χ4v) is 1.91. The highest BCUT2D eigenvalue weighted by atomic mass is 32.2.